The first-order chi connectivity index (χ1) is 12.4. The van der Waals surface area contributed by atoms with Gasteiger partial charge in [0.1, 0.15) is 6.17 Å². The minimum absolute atomic E-state index is 0.0662. The van der Waals surface area contributed by atoms with Gasteiger partial charge in [-0.25, -0.2) is 4.39 Å². The number of rotatable bonds is 7. The van der Waals surface area contributed by atoms with Crippen LogP contribution in [0.5, 0.6) is 0 Å². The highest BCUT2D eigenvalue weighted by Crippen LogP contribution is 2.34. The zero-order valence-electron chi connectivity index (χ0n) is 15.0. The molecule has 3 aromatic rings. The van der Waals surface area contributed by atoms with Gasteiger partial charge in [-0.2, -0.15) is 5.10 Å². The van der Waals surface area contributed by atoms with Crippen LogP contribution in [0.4, 0.5) is 10.2 Å². The predicted octanol–water partition coefficient (Wildman–Crippen LogP) is 2.14. The highest BCUT2D eigenvalue weighted by Gasteiger charge is 2.23. The number of methoxy groups -OCH3 is 1. The van der Waals surface area contributed by atoms with Crippen LogP contribution in [-0.4, -0.2) is 45.8 Å². The molecule has 3 unspecified atom stereocenters. The molecule has 8 nitrogen and oxygen atoms in total. The summed E-state index contributed by atoms with van der Waals surface area (Å²) in [6, 6.07) is -0.404. The molecule has 0 saturated heterocycles. The monoisotopic (exact) mass is 362 g/mol. The van der Waals surface area contributed by atoms with E-state index in [1.807, 2.05) is 13.8 Å². The first-order valence-corrected chi connectivity index (χ1v) is 8.37. The van der Waals surface area contributed by atoms with Gasteiger partial charge in [-0.1, -0.05) is 5.16 Å². The number of hydrogen-bond donors (Lipinski definition) is 3. The first kappa shape index (κ1) is 18.3. The Balaban J connectivity index is 1.91. The fourth-order valence-electron chi connectivity index (χ4n) is 2.95. The Bertz CT molecular complexity index is 893. The molecule has 3 aromatic heterocycles. The predicted molar refractivity (Wildman–Crippen MR) is 96.2 cm³/mol. The number of ether oxygens (including phenoxy) is 1. The third kappa shape index (κ3) is 3.40. The number of H-pyrrole nitrogens is 1. The Morgan fingerprint density at radius 1 is 1.35 bits per heavy atom. The summed E-state index contributed by atoms with van der Waals surface area (Å²) in [6.07, 6.45) is 2.11. The summed E-state index contributed by atoms with van der Waals surface area (Å²) in [5.41, 5.74) is 15.3. The van der Waals surface area contributed by atoms with Gasteiger partial charge in [-0.05, 0) is 20.3 Å². The van der Waals surface area contributed by atoms with Crippen LogP contribution in [-0.2, 0) is 11.2 Å². The summed E-state index contributed by atoms with van der Waals surface area (Å²) in [5, 5.41) is 11.2. The van der Waals surface area contributed by atoms with Gasteiger partial charge in [0.25, 0.3) is 0 Å². The van der Waals surface area contributed by atoms with Crippen molar-refractivity contribution in [1.29, 1.82) is 0 Å². The molecule has 0 radical (unpaired) electrons. The number of nitrogens with one attached hydrogen (secondary N) is 1. The van der Waals surface area contributed by atoms with E-state index >= 15 is 0 Å². The maximum absolute atomic E-state index is 14.6. The van der Waals surface area contributed by atoms with Crippen molar-refractivity contribution in [2.75, 3.05) is 12.8 Å². The van der Waals surface area contributed by atoms with Crippen molar-refractivity contribution in [3.8, 4) is 11.1 Å². The van der Waals surface area contributed by atoms with Gasteiger partial charge in [-0.3, -0.25) is 10.1 Å². The van der Waals surface area contributed by atoms with Gasteiger partial charge in [0.15, 0.2) is 11.4 Å². The van der Waals surface area contributed by atoms with Gasteiger partial charge in [0.05, 0.1) is 23.4 Å². The van der Waals surface area contributed by atoms with Gasteiger partial charge in [0.2, 0.25) is 0 Å². The van der Waals surface area contributed by atoms with Crippen molar-refractivity contribution in [3.05, 3.63) is 23.8 Å². The molecule has 0 spiro atoms. The number of anilines is 1. The lowest BCUT2D eigenvalue weighted by atomic mass is 10.00. The number of halogens is 1. The standard InChI is InChI=1S/C17H23FN6O2/c1-8-11(7-22-23-8)12-6-21-14(15-16(12)26-24-17(15)20)5-10(18)4-13(19)9(2)25-3/h6-7,9-10,13H,4-5,19H2,1-3H3,(H2,20,24)(H,22,23). The average Bonchev–Trinajstić information content (AvgIpc) is 3.21. The average molecular weight is 362 g/mol. The van der Waals surface area contributed by atoms with E-state index in [0.717, 1.165) is 11.3 Å². The zero-order valence-corrected chi connectivity index (χ0v) is 15.0. The van der Waals surface area contributed by atoms with Gasteiger partial charge in [-0.15, -0.1) is 0 Å². The molecule has 0 fully saturated rings. The van der Waals surface area contributed by atoms with Crippen LogP contribution in [0.15, 0.2) is 16.9 Å². The third-order valence-electron chi connectivity index (χ3n) is 4.64. The van der Waals surface area contributed by atoms with Crippen LogP contribution < -0.4 is 11.5 Å². The summed E-state index contributed by atoms with van der Waals surface area (Å²) in [6.45, 7) is 3.70. The van der Waals surface area contributed by atoms with E-state index in [9.17, 15) is 4.39 Å². The second kappa shape index (κ2) is 7.38. The molecule has 140 valence electrons. The van der Waals surface area contributed by atoms with Crippen LogP contribution in [0.1, 0.15) is 24.7 Å². The quantitative estimate of drug-likeness (QED) is 0.587. The van der Waals surface area contributed by atoms with Crippen LogP contribution in [0, 0.1) is 6.92 Å². The van der Waals surface area contributed by atoms with Crippen LogP contribution >= 0.6 is 0 Å². The number of hydrogen-bond acceptors (Lipinski definition) is 7. The maximum atomic E-state index is 14.6. The van der Waals surface area contributed by atoms with Crippen LogP contribution in [0.25, 0.3) is 22.1 Å². The molecule has 5 N–H and O–H groups in total. The number of aryl methyl sites for hydroxylation is 1. The lowest BCUT2D eigenvalue weighted by Crippen LogP contribution is -2.36. The molecule has 0 amide bonds. The van der Waals surface area contributed by atoms with E-state index in [0.29, 0.717) is 22.2 Å². The van der Waals surface area contributed by atoms with Gasteiger partial charge < -0.3 is 20.7 Å². The number of pyridine rings is 1. The fourth-order valence-corrected chi connectivity index (χ4v) is 2.95. The SMILES string of the molecule is COC(C)C(N)CC(F)Cc1ncc(-c2cn[nH]c2C)c2onc(N)c12. The van der Waals surface area contributed by atoms with Crippen molar-refractivity contribution < 1.29 is 13.7 Å². The van der Waals surface area contributed by atoms with Crippen molar-refractivity contribution in [2.45, 2.75) is 45.0 Å². The van der Waals surface area contributed by atoms with E-state index in [4.69, 9.17) is 20.7 Å². The Hall–Kier alpha value is -2.52. The first-order valence-electron chi connectivity index (χ1n) is 8.37. The second-order valence-corrected chi connectivity index (χ2v) is 6.44. The number of alkyl halides is 1. The topological polar surface area (TPSA) is 129 Å². The van der Waals surface area contributed by atoms with Crippen LogP contribution in [0.2, 0.25) is 0 Å². The number of aromatic amines is 1. The summed E-state index contributed by atoms with van der Waals surface area (Å²) in [4.78, 5) is 4.42. The normalized spacial score (nSPS) is 15.3. The number of nitrogens with zero attached hydrogens (tertiary/aromatic N) is 3. The lowest BCUT2D eigenvalue weighted by Gasteiger charge is -2.20. The van der Waals surface area contributed by atoms with Crippen molar-refractivity contribution in [3.63, 3.8) is 0 Å². The minimum Gasteiger partial charge on any atom is -0.380 e. The summed E-state index contributed by atoms with van der Waals surface area (Å²) < 4.78 is 25.1. The molecule has 0 aliphatic carbocycles. The van der Waals surface area contributed by atoms with Gasteiger partial charge in [0, 0.05) is 42.6 Å². The molecule has 0 bridgehead atoms. The molecule has 0 saturated carbocycles. The molecule has 26 heavy (non-hydrogen) atoms. The summed E-state index contributed by atoms with van der Waals surface area (Å²) in [5.74, 6) is 0.187. The zero-order chi connectivity index (χ0) is 18.8. The highest BCUT2D eigenvalue weighted by atomic mass is 19.1. The number of aromatic nitrogens is 4. The molecule has 3 heterocycles. The van der Waals surface area contributed by atoms with Crippen LogP contribution in [0.3, 0.4) is 0 Å². The van der Waals surface area contributed by atoms with Crippen molar-refractivity contribution in [1.82, 2.24) is 20.3 Å². The molecule has 3 atom stereocenters. The molecule has 3 rings (SSSR count). The Labute approximate surface area is 150 Å². The molecule has 0 aromatic carbocycles. The van der Waals surface area contributed by atoms with Crippen molar-refractivity contribution in [2.24, 2.45) is 5.73 Å². The Kier molecular flexibility index (Phi) is 5.19. The van der Waals surface area contributed by atoms with E-state index in [1.165, 1.54) is 0 Å². The van der Waals surface area contributed by atoms with Gasteiger partial charge >= 0.3 is 0 Å². The molecule has 9 heteroatoms. The lowest BCUT2D eigenvalue weighted by molar-refractivity contribution is 0.0834. The third-order valence-corrected chi connectivity index (χ3v) is 4.64. The maximum Gasteiger partial charge on any atom is 0.180 e. The Morgan fingerprint density at radius 2 is 2.12 bits per heavy atom. The fraction of sp³-hybridized carbons (Fsp3) is 0.471. The largest absolute Gasteiger partial charge is 0.380 e. The number of nitrogens with two attached hydrogens (primary N) is 2. The molecule has 0 aliphatic heterocycles. The number of nitrogen functional groups attached to an aromatic ring is 1. The summed E-state index contributed by atoms with van der Waals surface area (Å²) >= 11 is 0. The smallest absolute Gasteiger partial charge is 0.180 e. The van der Waals surface area contributed by atoms with Crippen molar-refractivity contribution >= 4 is 16.8 Å². The molecular weight excluding hydrogens is 339 g/mol. The number of fused-ring (bicyclic) bond motifs is 1. The van der Waals surface area contributed by atoms with E-state index in [1.54, 1.807) is 19.5 Å². The molecular formula is C17H23FN6O2. The highest BCUT2D eigenvalue weighted by molar-refractivity contribution is 5.98. The molecule has 0 aliphatic rings. The van der Waals surface area contributed by atoms with E-state index in [-0.39, 0.29) is 24.8 Å². The second-order valence-electron chi connectivity index (χ2n) is 6.44. The summed E-state index contributed by atoms with van der Waals surface area (Å²) in [7, 11) is 1.55. The Morgan fingerprint density at radius 3 is 2.77 bits per heavy atom. The van der Waals surface area contributed by atoms with E-state index in [2.05, 4.69) is 20.3 Å². The minimum atomic E-state index is -1.19. The van der Waals surface area contributed by atoms with E-state index < -0.39 is 12.2 Å².